The van der Waals surface area contributed by atoms with E-state index < -0.39 is 18.8 Å². The van der Waals surface area contributed by atoms with E-state index in [9.17, 15) is 18.0 Å². The Balaban J connectivity index is 3.48. The Hall–Kier alpha value is -1.38. The SMILES string of the molecule is C#CCCNC(=O)NCC(F)(F)F. The zero-order valence-electron chi connectivity index (χ0n) is 6.74. The van der Waals surface area contributed by atoms with E-state index in [0.717, 1.165) is 0 Å². The van der Waals surface area contributed by atoms with Gasteiger partial charge in [-0.1, -0.05) is 0 Å². The third-order valence-corrected chi connectivity index (χ3v) is 1.00. The van der Waals surface area contributed by atoms with Gasteiger partial charge in [0.1, 0.15) is 6.54 Å². The topological polar surface area (TPSA) is 41.1 Å². The van der Waals surface area contributed by atoms with Gasteiger partial charge in [0.05, 0.1) is 0 Å². The van der Waals surface area contributed by atoms with E-state index in [4.69, 9.17) is 6.42 Å². The minimum absolute atomic E-state index is 0.167. The molecule has 0 fully saturated rings. The van der Waals surface area contributed by atoms with E-state index in [2.05, 4.69) is 11.2 Å². The lowest BCUT2D eigenvalue weighted by molar-refractivity contribution is -0.122. The quantitative estimate of drug-likeness (QED) is 0.508. The summed E-state index contributed by atoms with van der Waals surface area (Å²) in [5.41, 5.74) is 0. The molecule has 0 heterocycles. The zero-order chi connectivity index (χ0) is 10.3. The molecule has 0 aliphatic carbocycles. The molecular formula is C7H9F3N2O. The first-order chi connectivity index (χ1) is 5.95. The minimum Gasteiger partial charge on any atom is -0.337 e. The predicted octanol–water partition coefficient (Wildman–Crippen LogP) is 0.871. The highest BCUT2D eigenvalue weighted by molar-refractivity contribution is 5.73. The third-order valence-electron chi connectivity index (χ3n) is 1.00. The number of halogens is 3. The summed E-state index contributed by atoms with van der Waals surface area (Å²) >= 11 is 0. The lowest BCUT2D eigenvalue weighted by Crippen LogP contribution is -2.41. The first kappa shape index (κ1) is 11.6. The van der Waals surface area contributed by atoms with E-state index in [1.54, 1.807) is 5.32 Å². The Morgan fingerprint density at radius 2 is 2.00 bits per heavy atom. The smallest absolute Gasteiger partial charge is 0.337 e. The molecule has 0 aromatic carbocycles. The fourth-order valence-corrected chi connectivity index (χ4v) is 0.491. The Bertz CT molecular complexity index is 207. The van der Waals surface area contributed by atoms with Crippen molar-refractivity contribution in [2.45, 2.75) is 12.6 Å². The number of terminal acetylenes is 1. The fourth-order valence-electron chi connectivity index (χ4n) is 0.491. The first-order valence-electron chi connectivity index (χ1n) is 3.47. The van der Waals surface area contributed by atoms with Crippen LogP contribution in [0.2, 0.25) is 0 Å². The van der Waals surface area contributed by atoms with Crippen molar-refractivity contribution in [1.29, 1.82) is 0 Å². The van der Waals surface area contributed by atoms with Crippen molar-refractivity contribution in [2.24, 2.45) is 0 Å². The summed E-state index contributed by atoms with van der Waals surface area (Å²) in [7, 11) is 0. The van der Waals surface area contributed by atoms with Crippen molar-refractivity contribution >= 4 is 6.03 Å². The van der Waals surface area contributed by atoms with Crippen molar-refractivity contribution in [2.75, 3.05) is 13.1 Å². The van der Waals surface area contributed by atoms with Gasteiger partial charge in [-0.2, -0.15) is 13.2 Å². The third kappa shape index (κ3) is 8.53. The van der Waals surface area contributed by atoms with Gasteiger partial charge >= 0.3 is 12.2 Å². The number of nitrogens with one attached hydrogen (secondary N) is 2. The Kier molecular flexibility index (Phi) is 4.74. The summed E-state index contributed by atoms with van der Waals surface area (Å²) in [6.45, 7) is -1.17. The number of alkyl halides is 3. The summed E-state index contributed by atoms with van der Waals surface area (Å²) in [6.07, 6.45) is 0.762. The van der Waals surface area contributed by atoms with Crippen LogP contribution in [0.3, 0.4) is 0 Å². The second-order valence-electron chi connectivity index (χ2n) is 2.18. The summed E-state index contributed by atoms with van der Waals surface area (Å²) in [4.78, 5) is 10.6. The predicted molar refractivity (Wildman–Crippen MR) is 40.9 cm³/mol. The molecule has 0 aromatic heterocycles. The lowest BCUT2D eigenvalue weighted by Gasteiger charge is -2.08. The van der Waals surface area contributed by atoms with Crippen molar-refractivity contribution in [3.8, 4) is 12.3 Å². The van der Waals surface area contributed by atoms with Crippen LogP contribution in [0.25, 0.3) is 0 Å². The van der Waals surface area contributed by atoms with E-state index in [-0.39, 0.29) is 6.54 Å². The molecule has 13 heavy (non-hydrogen) atoms. The second kappa shape index (κ2) is 5.30. The first-order valence-corrected chi connectivity index (χ1v) is 3.47. The number of rotatable bonds is 3. The van der Waals surface area contributed by atoms with Gasteiger partial charge in [-0.05, 0) is 0 Å². The van der Waals surface area contributed by atoms with Crippen molar-refractivity contribution in [3.63, 3.8) is 0 Å². The summed E-state index contributed by atoms with van der Waals surface area (Å²) in [5.74, 6) is 2.23. The van der Waals surface area contributed by atoms with Crippen LogP contribution in [0, 0.1) is 12.3 Å². The molecule has 74 valence electrons. The van der Waals surface area contributed by atoms with E-state index in [1.807, 2.05) is 0 Å². The number of amides is 2. The Morgan fingerprint density at radius 3 is 2.46 bits per heavy atom. The van der Waals surface area contributed by atoms with E-state index >= 15 is 0 Å². The van der Waals surface area contributed by atoms with Gasteiger partial charge in [0.15, 0.2) is 0 Å². The molecule has 0 bridgehead atoms. The molecule has 0 aliphatic rings. The zero-order valence-corrected chi connectivity index (χ0v) is 6.74. The van der Waals surface area contributed by atoms with Crippen LogP contribution in [-0.4, -0.2) is 25.3 Å². The molecule has 0 atom stereocenters. The van der Waals surface area contributed by atoms with Crippen molar-refractivity contribution in [3.05, 3.63) is 0 Å². The number of carbonyl (C=O) groups excluding carboxylic acids is 1. The highest BCUT2D eigenvalue weighted by Gasteiger charge is 2.27. The molecule has 0 saturated carbocycles. The number of hydrogen-bond acceptors (Lipinski definition) is 1. The second-order valence-corrected chi connectivity index (χ2v) is 2.18. The van der Waals surface area contributed by atoms with Gasteiger partial charge in [0.2, 0.25) is 0 Å². The van der Waals surface area contributed by atoms with Crippen molar-refractivity contribution < 1.29 is 18.0 Å². The van der Waals surface area contributed by atoms with Gasteiger partial charge in [-0.25, -0.2) is 4.79 Å². The molecule has 0 spiro atoms. The van der Waals surface area contributed by atoms with Crippen LogP contribution in [0.5, 0.6) is 0 Å². The van der Waals surface area contributed by atoms with E-state index in [0.29, 0.717) is 6.42 Å². The molecule has 0 aromatic rings. The number of carbonyl (C=O) groups is 1. The molecule has 2 amide bonds. The van der Waals surface area contributed by atoms with Gasteiger partial charge in [0.25, 0.3) is 0 Å². The molecule has 2 N–H and O–H groups in total. The molecule has 0 rings (SSSR count). The normalized spacial score (nSPS) is 10.3. The highest BCUT2D eigenvalue weighted by atomic mass is 19.4. The fraction of sp³-hybridized carbons (Fsp3) is 0.571. The van der Waals surface area contributed by atoms with Crippen LogP contribution in [0.1, 0.15) is 6.42 Å². The van der Waals surface area contributed by atoms with Gasteiger partial charge in [-0.15, -0.1) is 12.3 Å². The summed E-state index contributed by atoms with van der Waals surface area (Å²) in [5, 5.41) is 3.80. The number of urea groups is 1. The summed E-state index contributed by atoms with van der Waals surface area (Å²) in [6, 6.07) is -0.868. The summed E-state index contributed by atoms with van der Waals surface area (Å²) < 4.78 is 34.6. The average Bonchev–Trinajstić information content (AvgIpc) is 2.00. The molecule has 3 nitrogen and oxygen atoms in total. The van der Waals surface area contributed by atoms with Crippen LogP contribution in [0.4, 0.5) is 18.0 Å². The molecule has 0 radical (unpaired) electrons. The van der Waals surface area contributed by atoms with Crippen LogP contribution in [-0.2, 0) is 0 Å². The van der Waals surface area contributed by atoms with Gasteiger partial charge in [-0.3, -0.25) is 0 Å². The standard InChI is InChI=1S/C7H9F3N2O/c1-2-3-4-11-6(13)12-5-7(8,9)10/h1H,3-5H2,(H2,11,12,13). The molecule has 0 aliphatic heterocycles. The van der Waals surface area contributed by atoms with E-state index in [1.165, 1.54) is 0 Å². The monoisotopic (exact) mass is 194 g/mol. The molecule has 6 heteroatoms. The highest BCUT2D eigenvalue weighted by Crippen LogP contribution is 2.11. The number of hydrogen-bond donors (Lipinski definition) is 2. The van der Waals surface area contributed by atoms with Gasteiger partial charge in [0, 0.05) is 13.0 Å². The largest absolute Gasteiger partial charge is 0.405 e. The Labute approximate surface area is 73.7 Å². The van der Waals surface area contributed by atoms with Crippen molar-refractivity contribution in [1.82, 2.24) is 10.6 Å². The van der Waals surface area contributed by atoms with Gasteiger partial charge < -0.3 is 10.6 Å². The van der Waals surface area contributed by atoms with Crippen LogP contribution in [0.15, 0.2) is 0 Å². The van der Waals surface area contributed by atoms with Crippen LogP contribution < -0.4 is 10.6 Å². The molecule has 0 saturated heterocycles. The molecular weight excluding hydrogens is 185 g/mol. The Morgan fingerprint density at radius 1 is 1.38 bits per heavy atom. The maximum Gasteiger partial charge on any atom is 0.405 e. The minimum atomic E-state index is -4.39. The lowest BCUT2D eigenvalue weighted by atomic mass is 10.4. The molecule has 0 unspecified atom stereocenters. The maximum absolute atomic E-state index is 11.5. The maximum atomic E-state index is 11.5. The van der Waals surface area contributed by atoms with Crippen LogP contribution >= 0.6 is 0 Å². The average molecular weight is 194 g/mol.